The topological polar surface area (TPSA) is 48.3 Å². The fourth-order valence-electron chi connectivity index (χ4n) is 2.20. The average Bonchev–Trinajstić information content (AvgIpc) is 2.75. The van der Waals surface area contributed by atoms with Gasteiger partial charge < -0.3 is 9.30 Å². The monoisotopic (exact) mass is 259 g/mol. The Balaban J connectivity index is 2.31. The summed E-state index contributed by atoms with van der Waals surface area (Å²) in [7, 11) is 3.19. The molecule has 0 saturated heterocycles. The first-order valence-corrected chi connectivity index (χ1v) is 6.20. The van der Waals surface area contributed by atoms with Crippen LogP contribution in [0.3, 0.4) is 0 Å². The lowest BCUT2D eigenvalue weighted by atomic mass is 10.00. The van der Waals surface area contributed by atoms with Crippen LogP contribution in [0.2, 0.25) is 0 Å². The van der Waals surface area contributed by atoms with Crippen LogP contribution in [0.4, 0.5) is 0 Å². The van der Waals surface area contributed by atoms with Gasteiger partial charge in [-0.1, -0.05) is 25.1 Å². The summed E-state index contributed by atoms with van der Waals surface area (Å²) in [6, 6.07) is 9.68. The molecular weight excluding hydrogens is 242 g/mol. The predicted molar refractivity (Wildman–Crippen MR) is 73.0 cm³/mol. The molecule has 1 heterocycles. The highest BCUT2D eigenvalue weighted by Gasteiger charge is 2.22. The molecule has 0 aliphatic carbocycles. The molecule has 2 rings (SSSR count). The van der Waals surface area contributed by atoms with Crippen LogP contribution >= 0.6 is 0 Å². The smallest absolute Gasteiger partial charge is 0.306 e. The molecular formula is C15H17NO3. The highest BCUT2D eigenvalue weighted by molar-refractivity contribution is 6.02. The molecule has 0 bridgehead atoms. The lowest BCUT2D eigenvalue weighted by Gasteiger charge is -2.09. The highest BCUT2D eigenvalue weighted by atomic mass is 16.5. The summed E-state index contributed by atoms with van der Waals surface area (Å²) in [5.74, 6) is -0.779. The summed E-state index contributed by atoms with van der Waals surface area (Å²) in [5, 5.41) is 1.03. The van der Waals surface area contributed by atoms with Crippen molar-refractivity contribution in [1.82, 2.24) is 4.57 Å². The molecule has 0 aliphatic rings. The largest absolute Gasteiger partial charge is 0.469 e. The molecule has 1 aromatic carbocycles. The Morgan fingerprint density at radius 3 is 2.63 bits per heavy atom. The van der Waals surface area contributed by atoms with E-state index in [0.717, 1.165) is 10.9 Å². The van der Waals surface area contributed by atoms with Crippen LogP contribution in [0, 0.1) is 5.92 Å². The second kappa shape index (κ2) is 5.26. The van der Waals surface area contributed by atoms with E-state index in [-0.39, 0.29) is 24.1 Å². The third-order valence-corrected chi connectivity index (χ3v) is 3.35. The number of rotatable bonds is 4. The van der Waals surface area contributed by atoms with Gasteiger partial charge in [-0.05, 0) is 12.1 Å². The van der Waals surface area contributed by atoms with Gasteiger partial charge in [0, 0.05) is 23.9 Å². The third-order valence-electron chi connectivity index (χ3n) is 3.35. The Morgan fingerprint density at radius 2 is 2.00 bits per heavy atom. The number of aryl methyl sites for hydroxylation is 1. The molecule has 1 aromatic heterocycles. The zero-order valence-corrected chi connectivity index (χ0v) is 11.3. The Kier molecular flexibility index (Phi) is 3.69. The molecule has 0 fully saturated rings. The number of carbonyl (C=O) groups is 2. The fraction of sp³-hybridized carbons (Fsp3) is 0.333. The number of hydrogen-bond acceptors (Lipinski definition) is 3. The standard InChI is InChI=1S/C15H17NO3/c1-10(8-14(17)19-3)15(18)13-9-11-6-4-5-7-12(11)16(13)2/h4-7,9-10H,8H2,1-3H3. The number of methoxy groups -OCH3 is 1. The molecule has 2 aromatic rings. The number of ether oxygens (including phenoxy) is 1. The van der Waals surface area contributed by atoms with E-state index in [2.05, 4.69) is 4.74 Å². The van der Waals surface area contributed by atoms with Crippen molar-refractivity contribution in [1.29, 1.82) is 0 Å². The van der Waals surface area contributed by atoms with E-state index in [4.69, 9.17) is 0 Å². The van der Waals surface area contributed by atoms with Crippen LogP contribution in [0.5, 0.6) is 0 Å². The van der Waals surface area contributed by atoms with Crippen LogP contribution in [0.15, 0.2) is 30.3 Å². The number of Topliss-reactive ketones (excluding diaryl/α,β-unsaturated/α-hetero) is 1. The predicted octanol–water partition coefficient (Wildman–Crippen LogP) is 2.56. The third kappa shape index (κ3) is 2.52. The van der Waals surface area contributed by atoms with Crippen molar-refractivity contribution in [3.05, 3.63) is 36.0 Å². The van der Waals surface area contributed by atoms with E-state index < -0.39 is 0 Å². The lowest BCUT2D eigenvalue weighted by molar-refractivity contribution is -0.141. The van der Waals surface area contributed by atoms with Gasteiger partial charge in [0.05, 0.1) is 19.2 Å². The molecule has 0 aliphatic heterocycles. The molecule has 0 amide bonds. The van der Waals surface area contributed by atoms with Crippen molar-refractivity contribution in [3.63, 3.8) is 0 Å². The van der Waals surface area contributed by atoms with E-state index in [1.165, 1.54) is 7.11 Å². The maximum atomic E-state index is 12.4. The van der Waals surface area contributed by atoms with Gasteiger partial charge in [-0.15, -0.1) is 0 Å². The molecule has 0 N–H and O–H groups in total. The van der Waals surface area contributed by atoms with Crippen LogP contribution in [0.25, 0.3) is 10.9 Å². The number of benzene rings is 1. The molecule has 1 atom stereocenters. The van der Waals surface area contributed by atoms with Gasteiger partial charge >= 0.3 is 5.97 Å². The molecule has 0 radical (unpaired) electrons. The number of esters is 1. The first-order chi connectivity index (χ1) is 9.04. The quantitative estimate of drug-likeness (QED) is 0.626. The van der Waals surface area contributed by atoms with Gasteiger partial charge in [-0.2, -0.15) is 0 Å². The Bertz CT molecular complexity index is 627. The minimum Gasteiger partial charge on any atom is -0.469 e. The molecule has 1 unspecified atom stereocenters. The minimum atomic E-state index is -0.379. The van der Waals surface area contributed by atoms with Crippen molar-refractivity contribution in [2.75, 3.05) is 7.11 Å². The van der Waals surface area contributed by atoms with Crippen molar-refractivity contribution in [2.45, 2.75) is 13.3 Å². The Morgan fingerprint density at radius 1 is 1.32 bits per heavy atom. The van der Waals surface area contributed by atoms with Gasteiger partial charge in [-0.25, -0.2) is 0 Å². The van der Waals surface area contributed by atoms with Gasteiger partial charge in [0.1, 0.15) is 0 Å². The van der Waals surface area contributed by atoms with Crippen molar-refractivity contribution < 1.29 is 14.3 Å². The van der Waals surface area contributed by atoms with Crippen LogP contribution < -0.4 is 0 Å². The fourth-order valence-corrected chi connectivity index (χ4v) is 2.20. The molecule has 19 heavy (non-hydrogen) atoms. The summed E-state index contributed by atoms with van der Waals surface area (Å²) in [6.07, 6.45) is 0.108. The summed E-state index contributed by atoms with van der Waals surface area (Å²) < 4.78 is 6.46. The average molecular weight is 259 g/mol. The second-order valence-corrected chi connectivity index (χ2v) is 4.69. The van der Waals surface area contributed by atoms with E-state index in [1.807, 2.05) is 41.9 Å². The molecule has 4 heteroatoms. The van der Waals surface area contributed by atoms with E-state index in [0.29, 0.717) is 5.69 Å². The number of carbonyl (C=O) groups excluding carboxylic acids is 2. The van der Waals surface area contributed by atoms with Crippen LogP contribution in [0.1, 0.15) is 23.8 Å². The van der Waals surface area contributed by atoms with Crippen LogP contribution in [-0.2, 0) is 16.6 Å². The lowest BCUT2D eigenvalue weighted by Crippen LogP contribution is -2.18. The van der Waals surface area contributed by atoms with Gasteiger partial charge in [-0.3, -0.25) is 9.59 Å². The number of hydrogen-bond donors (Lipinski definition) is 0. The summed E-state index contributed by atoms with van der Waals surface area (Å²) >= 11 is 0. The van der Waals surface area contributed by atoms with Crippen molar-refractivity contribution in [3.8, 4) is 0 Å². The Labute approximate surface area is 112 Å². The van der Waals surface area contributed by atoms with Gasteiger partial charge in [0.2, 0.25) is 0 Å². The number of nitrogens with zero attached hydrogens (tertiary/aromatic N) is 1. The maximum absolute atomic E-state index is 12.4. The number of fused-ring (bicyclic) bond motifs is 1. The Hall–Kier alpha value is -2.10. The first kappa shape index (κ1) is 13.3. The van der Waals surface area contributed by atoms with Gasteiger partial charge in [0.15, 0.2) is 5.78 Å². The zero-order valence-electron chi connectivity index (χ0n) is 11.3. The van der Waals surface area contributed by atoms with E-state index in [1.54, 1.807) is 6.92 Å². The molecule has 4 nitrogen and oxygen atoms in total. The number of para-hydroxylation sites is 1. The summed E-state index contributed by atoms with van der Waals surface area (Å²) in [5.41, 5.74) is 1.63. The summed E-state index contributed by atoms with van der Waals surface area (Å²) in [4.78, 5) is 23.6. The zero-order chi connectivity index (χ0) is 14.0. The normalized spacial score (nSPS) is 12.4. The SMILES string of the molecule is COC(=O)CC(C)C(=O)c1cc2ccccc2n1C. The molecule has 100 valence electrons. The molecule has 0 saturated carbocycles. The maximum Gasteiger partial charge on any atom is 0.306 e. The van der Waals surface area contributed by atoms with E-state index in [9.17, 15) is 9.59 Å². The first-order valence-electron chi connectivity index (χ1n) is 6.20. The van der Waals surface area contributed by atoms with E-state index >= 15 is 0 Å². The number of ketones is 1. The van der Waals surface area contributed by atoms with Crippen molar-refractivity contribution in [2.24, 2.45) is 13.0 Å². The molecule has 0 spiro atoms. The second-order valence-electron chi connectivity index (χ2n) is 4.69. The minimum absolute atomic E-state index is 0.0379. The van der Waals surface area contributed by atoms with Crippen molar-refractivity contribution >= 4 is 22.7 Å². The number of aromatic nitrogens is 1. The van der Waals surface area contributed by atoms with Crippen LogP contribution in [-0.4, -0.2) is 23.4 Å². The highest BCUT2D eigenvalue weighted by Crippen LogP contribution is 2.21. The van der Waals surface area contributed by atoms with Gasteiger partial charge in [0.25, 0.3) is 0 Å². The summed E-state index contributed by atoms with van der Waals surface area (Å²) in [6.45, 7) is 1.75.